The van der Waals surface area contributed by atoms with Crippen LogP contribution in [0.3, 0.4) is 0 Å². The van der Waals surface area contributed by atoms with Gasteiger partial charge in [0.2, 0.25) is 5.78 Å². The van der Waals surface area contributed by atoms with Crippen molar-refractivity contribution < 1.29 is 9.53 Å². The fraction of sp³-hybridized carbons (Fsp3) is 0.364. The van der Waals surface area contributed by atoms with E-state index in [0.29, 0.717) is 17.5 Å². The van der Waals surface area contributed by atoms with Gasteiger partial charge < -0.3 is 4.74 Å². The summed E-state index contributed by atoms with van der Waals surface area (Å²) in [5.74, 6) is 0.316. The standard InChI is InChI=1S/C22H22N4O3S2/c1-3-29-17(27)12-30-22-24-23-21-25(14-8-6-7-13(2)11-14)19(28)18-15-9-4-5-10-16(15)31-20(18)26(21)22/h6-8,11H,3-5,9-10,12H2,1-2H3. The lowest BCUT2D eigenvalue weighted by Gasteiger charge is -2.12. The van der Waals surface area contributed by atoms with Gasteiger partial charge in [-0.3, -0.25) is 9.59 Å². The summed E-state index contributed by atoms with van der Waals surface area (Å²) in [4.78, 5) is 27.8. The number of esters is 1. The fourth-order valence-corrected chi connectivity index (χ4v) is 6.30. The lowest BCUT2D eigenvalue weighted by Crippen LogP contribution is -2.22. The zero-order valence-corrected chi connectivity index (χ0v) is 19.0. The van der Waals surface area contributed by atoms with Crippen molar-refractivity contribution in [1.29, 1.82) is 0 Å². The van der Waals surface area contributed by atoms with E-state index in [1.807, 2.05) is 35.6 Å². The molecule has 0 unspecified atom stereocenters. The van der Waals surface area contributed by atoms with E-state index >= 15 is 0 Å². The molecule has 5 rings (SSSR count). The average Bonchev–Trinajstić information content (AvgIpc) is 3.34. The first-order chi connectivity index (χ1) is 15.1. The first-order valence-corrected chi connectivity index (χ1v) is 12.2. The molecule has 7 nitrogen and oxygen atoms in total. The van der Waals surface area contributed by atoms with Gasteiger partial charge in [0, 0.05) is 4.88 Å². The van der Waals surface area contributed by atoms with Crippen LogP contribution in [0.15, 0.2) is 34.2 Å². The van der Waals surface area contributed by atoms with Crippen LogP contribution in [0.2, 0.25) is 0 Å². The van der Waals surface area contributed by atoms with Gasteiger partial charge in [0.25, 0.3) is 5.56 Å². The topological polar surface area (TPSA) is 78.5 Å². The van der Waals surface area contributed by atoms with Gasteiger partial charge in [0.1, 0.15) is 4.83 Å². The van der Waals surface area contributed by atoms with Crippen molar-refractivity contribution in [2.24, 2.45) is 0 Å². The summed E-state index contributed by atoms with van der Waals surface area (Å²) >= 11 is 2.94. The number of carbonyl (C=O) groups is 1. The Bertz CT molecular complexity index is 1370. The van der Waals surface area contributed by atoms with Crippen molar-refractivity contribution >= 4 is 45.1 Å². The maximum absolute atomic E-state index is 13.8. The highest BCUT2D eigenvalue weighted by Crippen LogP contribution is 2.36. The maximum atomic E-state index is 13.8. The average molecular weight is 455 g/mol. The fourth-order valence-electron chi connectivity index (χ4n) is 4.14. The molecule has 31 heavy (non-hydrogen) atoms. The van der Waals surface area contributed by atoms with Gasteiger partial charge in [-0.25, -0.2) is 8.97 Å². The van der Waals surface area contributed by atoms with Crippen LogP contribution in [0.1, 0.15) is 35.8 Å². The van der Waals surface area contributed by atoms with Crippen LogP contribution in [-0.4, -0.2) is 37.5 Å². The molecule has 3 aromatic heterocycles. The quantitative estimate of drug-likeness (QED) is 0.336. The van der Waals surface area contributed by atoms with E-state index in [4.69, 9.17) is 4.74 Å². The molecule has 3 heterocycles. The second kappa shape index (κ2) is 8.12. The first kappa shape index (κ1) is 20.3. The minimum Gasteiger partial charge on any atom is -0.465 e. The first-order valence-electron chi connectivity index (χ1n) is 10.4. The Balaban J connectivity index is 1.79. The predicted molar refractivity (Wildman–Crippen MR) is 123 cm³/mol. The molecule has 0 saturated heterocycles. The molecule has 9 heteroatoms. The number of ether oxygens (including phenoxy) is 1. The van der Waals surface area contributed by atoms with Crippen LogP contribution in [-0.2, 0) is 22.4 Å². The number of aromatic nitrogens is 4. The lowest BCUT2D eigenvalue weighted by molar-refractivity contribution is -0.139. The second-order valence-electron chi connectivity index (χ2n) is 7.58. The smallest absolute Gasteiger partial charge is 0.316 e. The third kappa shape index (κ3) is 3.45. The number of fused-ring (bicyclic) bond motifs is 5. The Morgan fingerprint density at radius 1 is 1.26 bits per heavy atom. The highest BCUT2D eigenvalue weighted by molar-refractivity contribution is 7.99. The number of benzene rings is 1. The van der Waals surface area contributed by atoms with Crippen LogP contribution in [0.4, 0.5) is 0 Å². The molecule has 1 aliphatic rings. The van der Waals surface area contributed by atoms with E-state index in [9.17, 15) is 9.59 Å². The van der Waals surface area contributed by atoms with E-state index in [1.165, 1.54) is 16.6 Å². The van der Waals surface area contributed by atoms with E-state index in [2.05, 4.69) is 10.2 Å². The van der Waals surface area contributed by atoms with E-state index in [1.54, 1.807) is 22.8 Å². The van der Waals surface area contributed by atoms with E-state index < -0.39 is 0 Å². The Hall–Kier alpha value is -2.65. The van der Waals surface area contributed by atoms with Crippen LogP contribution >= 0.6 is 23.1 Å². The van der Waals surface area contributed by atoms with Crippen LogP contribution < -0.4 is 5.56 Å². The lowest BCUT2D eigenvalue weighted by atomic mass is 9.97. The molecular formula is C22H22N4O3S2. The van der Waals surface area contributed by atoms with Crippen molar-refractivity contribution in [3.8, 4) is 5.69 Å². The molecule has 0 spiro atoms. The summed E-state index contributed by atoms with van der Waals surface area (Å²) in [5.41, 5.74) is 2.94. The zero-order valence-electron chi connectivity index (χ0n) is 17.4. The summed E-state index contributed by atoms with van der Waals surface area (Å²) < 4.78 is 8.65. The third-order valence-corrected chi connectivity index (χ3v) is 7.65. The van der Waals surface area contributed by atoms with Crippen molar-refractivity contribution in [2.75, 3.05) is 12.4 Å². The number of hydrogen-bond donors (Lipinski definition) is 0. The molecule has 1 aromatic carbocycles. The number of aryl methyl sites for hydroxylation is 3. The summed E-state index contributed by atoms with van der Waals surface area (Å²) in [7, 11) is 0. The van der Waals surface area contributed by atoms with Gasteiger partial charge in [-0.15, -0.1) is 21.5 Å². The molecule has 160 valence electrons. The zero-order chi connectivity index (χ0) is 21.5. The van der Waals surface area contributed by atoms with E-state index in [0.717, 1.165) is 52.7 Å². The molecule has 0 bridgehead atoms. The molecular weight excluding hydrogens is 432 g/mol. The SMILES string of the molecule is CCOC(=O)CSc1nnc2n(-c3cccc(C)c3)c(=O)c3c4c(sc3n12)CCCC4. The molecule has 0 fully saturated rings. The number of thioether (sulfide) groups is 1. The van der Waals surface area contributed by atoms with Crippen molar-refractivity contribution in [3.63, 3.8) is 0 Å². The van der Waals surface area contributed by atoms with Gasteiger partial charge in [-0.05, 0) is 62.8 Å². The third-order valence-electron chi connectivity index (χ3n) is 5.47. The Labute approximate surface area is 187 Å². The predicted octanol–water partition coefficient (Wildman–Crippen LogP) is 3.94. The van der Waals surface area contributed by atoms with Crippen LogP contribution in [0, 0.1) is 6.92 Å². The maximum Gasteiger partial charge on any atom is 0.316 e. The van der Waals surface area contributed by atoms with Crippen molar-refractivity contribution in [3.05, 3.63) is 50.6 Å². The number of hydrogen-bond acceptors (Lipinski definition) is 7. The Morgan fingerprint density at radius 2 is 2.10 bits per heavy atom. The summed E-state index contributed by atoms with van der Waals surface area (Å²) in [6.45, 7) is 4.13. The molecule has 0 radical (unpaired) electrons. The number of nitrogens with zero attached hydrogens (tertiary/aromatic N) is 4. The molecule has 1 aliphatic carbocycles. The normalized spacial score (nSPS) is 13.6. The highest BCUT2D eigenvalue weighted by atomic mass is 32.2. The molecule has 0 N–H and O–H groups in total. The molecule has 0 saturated carbocycles. The number of thiophene rings is 1. The molecule has 0 aliphatic heterocycles. The highest BCUT2D eigenvalue weighted by Gasteiger charge is 2.25. The Morgan fingerprint density at radius 3 is 2.90 bits per heavy atom. The van der Waals surface area contributed by atoms with Gasteiger partial charge >= 0.3 is 5.97 Å². The van der Waals surface area contributed by atoms with Crippen LogP contribution in [0.5, 0.6) is 0 Å². The Kier molecular flexibility index (Phi) is 5.31. The largest absolute Gasteiger partial charge is 0.465 e. The summed E-state index contributed by atoms with van der Waals surface area (Å²) in [5, 5.41) is 10.1. The number of rotatable bonds is 5. The summed E-state index contributed by atoms with van der Waals surface area (Å²) in [6.07, 6.45) is 4.14. The summed E-state index contributed by atoms with van der Waals surface area (Å²) in [6, 6.07) is 7.83. The van der Waals surface area contributed by atoms with Gasteiger partial charge in [0.15, 0.2) is 5.16 Å². The van der Waals surface area contributed by atoms with E-state index in [-0.39, 0.29) is 17.3 Å². The van der Waals surface area contributed by atoms with Gasteiger partial charge in [0.05, 0.1) is 23.4 Å². The van der Waals surface area contributed by atoms with Crippen molar-refractivity contribution in [2.45, 2.75) is 44.7 Å². The van der Waals surface area contributed by atoms with Crippen molar-refractivity contribution in [1.82, 2.24) is 19.2 Å². The molecule has 0 amide bonds. The molecule has 0 atom stereocenters. The van der Waals surface area contributed by atoms with Gasteiger partial charge in [-0.1, -0.05) is 23.9 Å². The van der Waals surface area contributed by atoms with Gasteiger partial charge in [-0.2, -0.15) is 0 Å². The number of carbonyl (C=O) groups excluding carboxylic acids is 1. The second-order valence-corrected chi connectivity index (χ2v) is 9.61. The minimum absolute atomic E-state index is 0.0538. The molecule has 4 aromatic rings. The van der Waals surface area contributed by atoms with Crippen LogP contribution in [0.25, 0.3) is 21.7 Å². The monoisotopic (exact) mass is 454 g/mol. The minimum atomic E-state index is -0.294.